The first-order chi connectivity index (χ1) is 14.9. The Bertz CT molecular complexity index is 963. The van der Waals surface area contributed by atoms with Crippen LogP contribution in [0.4, 0.5) is 0 Å². The lowest BCUT2D eigenvalue weighted by molar-refractivity contribution is 0.100. The molecule has 6 nitrogen and oxygen atoms in total. The Morgan fingerprint density at radius 1 is 0.903 bits per heavy atom. The van der Waals surface area contributed by atoms with Gasteiger partial charge >= 0.3 is 0 Å². The molecule has 2 aliphatic heterocycles. The third-order valence-corrected chi connectivity index (χ3v) is 5.26. The second kappa shape index (κ2) is 10.3. The first-order valence-corrected chi connectivity index (χ1v) is 10.8. The minimum atomic E-state index is -0.115. The molecule has 2 aromatic carbocycles. The smallest absolute Gasteiger partial charge is 0.163 e. The van der Waals surface area contributed by atoms with Gasteiger partial charge in [-0.2, -0.15) is 0 Å². The van der Waals surface area contributed by atoms with Crippen molar-refractivity contribution >= 4 is 11.6 Å². The van der Waals surface area contributed by atoms with Crippen LogP contribution in [-0.2, 0) is 12.8 Å². The topological polar surface area (TPSA) is 82.1 Å². The van der Waals surface area contributed by atoms with Crippen molar-refractivity contribution in [1.29, 1.82) is 0 Å². The molecule has 0 saturated carbocycles. The molecule has 0 atom stereocenters. The van der Waals surface area contributed by atoms with Gasteiger partial charge < -0.3 is 19.3 Å². The molecule has 2 heterocycles. The normalized spacial score (nSPS) is 14.0. The second-order valence-corrected chi connectivity index (χ2v) is 7.80. The van der Waals surface area contributed by atoms with Crippen LogP contribution >= 0.6 is 0 Å². The van der Waals surface area contributed by atoms with Crippen molar-refractivity contribution in [2.75, 3.05) is 19.8 Å². The summed E-state index contributed by atoms with van der Waals surface area (Å²) in [5, 5.41) is 9.54. The second-order valence-electron chi connectivity index (χ2n) is 7.80. The van der Waals surface area contributed by atoms with Gasteiger partial charge in [0.2, 0.25) is 0 Å². The van der Waals surface area contributed by atoms with Crippen LogP contribution in [0.25, 0.3) is 0 Å². The average molecular weight is 427 g/mol. The molecule has 166 valence electrons. The first kappa shape index (κ1) is 22.7. The molecule has 0 bridgehead atoms. The molecule has 0 saturated heterocycles. The summed E-state index contributed by atoms with van der Waals surface area (Å²) in [5.74, 6) is 2.17. The molecule has 0 aromatic heterocycles. The summed E-state index contributed by atoms with van der Waals surface area (Å²) in [6.07, 6.45) is 4.80. The predicted octanol–water partition coefficient (Wildman–Crippen LogP) is 4.92. The quantitative estimate of drug-likeness (QED) is 0.683. The van der Waals surface area contributed by atoms with Gasteiger partial charge in [0.05, 0.1) is 30.9 Å². The monoisotopic (exact) mass is 426 g/mol. The lowest BCUT2D eigenvalue weighted by atomic mass is 10.0. The number of phenolic OH excluding ortho intramolecular Hbond substituents is 1. The zero-order chi connectivity index (χ0) is 22.4. The van der Waals surface area contributed by atoms with Gasteiger partial charge in [0.15, 0.2) is 11.6 Å². The summed E-state index contributed by atoms with van der Waals surface area (Å²) in [6.45, 7) is 7.13. The Balaban J connectivity index is 0.000000179. The average Bonchev–Trinajstić information content (AvgIpc) is 2.76. The van der Waals surface area contributed by atoms with Gasteiger partial charge in [-0.3, -0.25) is 9.59 Å². The summed E-state index contributed by atoms with van der Waals surface area (Å²) in [6, 6.07) is 7.04. The number of carbonyl (C=O) groups excluding carboxylic acids is 2. The van der Waals surface area contributed by atoms with Crippen LogP contribution in [-0.4, -0.2) is 36.5 Å². The van der Waals surface area contributed by atoms with E-state index in [0.717, 1.165) is 55.6 Å². The van der Waals surface area contributed by atoms with Crippen LogP contribution in [0.15, 0.2) is 24.3 Å². The molecule has 0 unspecified atom stereocenters. The van der Waals surface area contributed by atoms with E-state index < -0.39 is 0 Å². The zero-order valence-corrected chi connectivity index (χ0v) is 18.5. The van der Waals surface area contributed by atoms with Crippen molar-refractivity contribution in [1.82, 2.24) is 0 Å². The van der Waals surface area contributed by atoms with Gasteiger partial charge in [0.25, 0.3) is 0 Å². The van der Waals surface area contributed by atoms with Gasteiger partial charge in [-0.05, 0) is 69.2 Å². The van der Waals surface area contributed by atoms with Crippen LogP contribution in [0.3, 0.4) is 0 Å². The van der Waals surface area contributed by atoms with Crippen molar-refractivity contribution in [2.24, 2.45) is 0 Å². The summed E-state index contributed by atoms with van der Waals surface area (Å²) in [4.78, 5) is 22.7. The molecular weight excluding hydrogens is 396 g/mol. The number of ketones is 2. The molecule has 0 amide bonds. The van der Waals surface area contributed by atoms with E-state index in [1.807, 2.05) is 19.1 Å². The largest absolute Gasteiger partial charge is 0.507 e. The van der Waals surface area contributed by atoms with Crippen molar-refractivity contribution in [3.05, 3.63) is 46.5 Å². The van der Waals surface area contributed by atoms with Crippen molar-refractivity contribution in [3.8, 4) is 23.0 Å². The number of ether oxygens (including phenoxy) is 3. The molecule has 6 heteroatoms. The van der Waals surface area contributed by atoms with E-state index in [4.69, 9.17) is 14.2 Å². The molecule has 0 radical (unpaired) electrons. The lowest BCUT2D eigenvalue weighted by Gasteiger charge is -2.20. The van der Waals surface area contributed by atoms with Crippen LogP contribution < -0.4 is 14.2 Å². The Morgan fingerprint density at radius 2 is 1.45 bits per heavy atom. The Kier molecular flexibility index (Phi) is 7.55. The molecule has 2 aromatic rings. The highest BCUT2D eigenvalue weighted by Crippen LogP contribution is 2.33. The highest BCUT2D eigenvalue weighted by molar-refractivity contribution is 5.97. The highest BCUT2D eigenvalue weighted by atomic mass is 16.5. The van der Waals surface area contributed by atoms with E-state index in [-0.39, 0.29) is 17.3 Å². The summed E-state index contributed by atoms with van der Waals surface area (Å²) < 4.78 is 16.6. The number of hydrogen-bond donors (Lipinski definition) is 1. The molecule has 0 fully saturated rings. The van der Waals surface area contributed by atoms with Crippen molar-refractivity contribution in [3.63, 3.8) is 0 Å². The molecular formula is C25H30O6. The first-order valence-electron chi connectivity index (χ1n) is 10.8. The van der Waals surface area contributed by atoms with Gasteiger partial charge in [-0.15, -0.1) is 0 Å². The van der Waals surface area contributed by atoms with Gasteiger partial charge in [0.1, 0.15) is 23.0 Å². The number of carbonyl (C=O) groups is 2. The number of hydrogen-bond acceptors (Lipinski definition) is 6. The Labute approximate surface area is 183 Å². The number of phenols is 1. The van der Waals surface area contributed by atoms with E-state index in [1.165, 1.54) is 13.0 Å². The van der Waals surface area contributed by atoms with E-state index >= 15 is 0 Å². The number of Topliss-reactive ketones (excluding diaryl/α,β-unsaturated/α-hetero) is 2. The summed E-state index contributed by atoms with van der Waals surface area (Å²) >= 11 is 0. The SMILES string of the molecule is CC(=O)c1cc2c(cc1O)OCCC2.CCCOc1cc2c(cc1C(C)=O)CCCO2. The maximum atomic E-state index is 11.6. The van der Waals surface area contributed by atoms with E-state index in [2.05, 4.69) is 0 Å². The number of fused-ring (bicyclic) bond motifs is 2. The molecule has 0 aliphatic carbocycles. The van der Waals surface area contributed by atoms with Crippen molar-refractivity contribution < 1.29 is 28.9 Å². The maximum Gasteiger partial charge on any atom is 0.163 e. The van der Waals surface area contributed by atoms with Gasteiger partial charge in [-0.25, -0.2) is 0 Å². The van der Waals surface area contributed by atoms with Crippen LogP contribution in [0.5, 0.6) is 23.0 Å². The maximum absolute atomic E-state index is 11.6. The molecule has 0 spiro atoms. The molecule has 1 N–H and O–H groups in total. The predicted molar refractivity (Wildman–Crippen MR) is 118 cm³/mol. The van der Waals surface area contributed by atoms with E-state index in [1.54, 1.807) is 13.0 Å². The fourth-order valence-electron chi connectivity index (χ4n) is 3.66. The lowest BCUT2D eigenvalue weighted by Crippen LogP contribution is -2.11. The Hall–Kier alpha value is -3.02. The van der Waals surface area contributed by atoms with Crippen LogP contribution in [0, 0.1) is 0 Å². The van der Waals surface area contributed by atoms with E-state index in [0.29, 0.717) is 35.8 Å². The molecule has 31 heavy (non-hydrogen) atoms. The standard InChI is InChI=1S/C14H18O3.C11H12O3/c1-3-6-16-14-9-13-11(5-4-7-17-13)8-12(14)10(2)15;1-7(12)9-5-8-3-2-4-14-11(8)6-10(9)13/h8-9H,3-7H2,1-2H3;5-6,13H,2-4H2,1H3. The van der Waals surface area contributed by atoms with Crippen molar-refractivity contribution in [2.45, 2.75) is 52.9 Å². The van der Waals surface area contributed by atoms with Gasteiger partial charge in [0, 0.05) is 12.1 Å². The third-order valence-electron chi connectivity index (χ3n) is 5.26. The summed E-state index contributed by atoms with van der Waals surface area (Å²) in [7, 11) is 0. The molecule has 4 rings (SSSR count). The zero-order valence-electron chi connectivity index (χ0n) is 18.5. The van der Waals surface area contributed by atoms with Gasteiger partial charge in [-0.1, -0.05) is 6.92 Å². The summed E-state index contributed by atoms with van der Waals surface area (Å²) in [5.41, 5.74) is 3.18. The number of benzene rings is 2. The fraction of sp³-hybridized carbons (Fsp3) is 0.440. The minimum absolute atomic E-state index is 0.0122. The third kappa shape index (κ3) is 5.57. The fourth-order valence-corrected chi connectivity index (χ4v) is 3.66. The number of aromatic hydroxyl groups is 1. The minimum Gasteiger partial charge on any atom is -0.507 e. The van der Waals surface area contributed by atoms with Crippen LogP contribution in [0.2, 0.25) is 0 Å². The highest BCUT2D eigenvalue weighted by Gasteiger charge is 2.18. The number of rotatable bonds is 5. The van der Waals surface area contributed by atoms with Crippen LogP contribution in [0.1, 0.15) is 71.9 Å². The van der Waals surface area contributed by atoms with E-state index in [9.17, 15) is 14.7 Å². The molecule has 2 aliphatic rings. The number of aryl methyl sites for hydroxylation is 2. The Morgan fingerprint density at radius 3 is 2.00 bits per heavy atom.